The minimum absolute atomic E-state index is 0.0981. The minimum atomic E-state index is -0.288. The Kier molecular flexibility index (Phi) is 3.96. The van der Waals surface area contributed by atoms with E-state index in [-0.39, 0.29) is 17.7 Å². The van der Waals surface area contributed by atoms with Crippen LogP contribution in [0.1, 0.15) is 24.1 Å². The second kappa shape index (κ2) is 5.49. The van der Waals surface area contributed by atoms with Crippen molar-refractivity contribution in [3.63, 3.8) is 0 Å². The molecule has 19 heavy (non-hydrogen) atoms. The van der Waals surface area contributed by atoms with E-state index < -0.39 is 0 Å². The lowest BCUT2D eigenvalue weighted by Crippen LogP contribution is -2.13. The summed E-state index contributed by atoms with van der Waals surface area (Å²) in [6.07, 6.45) is 0. The van der Waals surface area contributed by atoms with Crippen molar-refractivity contribution in [2.24, 2.45) is 0 Å². The predicted octanol–water partition coefficient (Wildman–Crippen LogP) is 4.22. The first-order valence-electron chi connectivity index (χ1n) is 6.26. The van der Waals surface area contributed by atoms with Gasteiger partial charge in [0.2, 0.25) is 0 Å². The molecule has 1 N–H and O–H groups in total. The molecule has 0 aliphatic rings. The van der Waals surface area contributed by atoms with Crippen LogP contribution in [0.2, 0.25) is 0 Å². The zero-order chi connectivity index (χ0) is 14.0. The summed E-state index contributed by atoms with van der Waals surface area (Å²) in [5.41, 5.74) is 3.18. The molecule has 0 aliphatic carbocycles. The van der Waals surface area contributed by atoms with Gasteiger partial charge in [-0.3, -0.25) is 0 Å². The lowest BCUT2D eigenvalue weighted by molar-refractivity contribution is 0.617. The Morgan fingerprint density at radius 1 is 1.05 bits per heavy atom. The highest BCUT2D eigenvalue weighted by atomic mass is 19.1. The molecule has 0 heterocycles. The van der Waals surface area contributed by atoms with E-state index in [0.29, 0.717) is 5.56 Å². The van der Waals surface area contributed by atoms with Gasteiger partial charge in [-0.05, 0) is 67.4 Å². The first kappa shape index (κ1) is 13.7. The molecule has 0 radical (unpaired) electrons. The maximum Gasteiger partial charge on any atom is 0.126 e. The van der Waals surface area contributed by atoms with Crippen molar-refractivity contribution in [1.29, 1.82) is 0 Å². The monoisotopic (exact) mass is 261 g/mol. The molecule has 3 heteroatoms. The summed E-state index contributed by atoms with van der Waals surface area (Å²) in [7, 11) is 1.85. The average Bonchev–Trinajstić information content (AvgIpc) is 2.41. The highest BCUT2D eigenvalue weighted by Gasteiger charge is 2.12. The van der Waals surface area contributed by atoms with Gasteiger partial charge in [0.15, 0.2) is 0 Å². The fraction of sp³-hybridized carbons (Fsp3) is 0.250. The third-order valence-electron chi connectivity index (χ3n) is 3.38. The Bertz CT molecular complexity index is 593. The van der Waals surface area contributed by atoms with Crippen LogP contribution in [-0.2, 0) is 0 Å². The van der Waals surface area contributed by atoms with Gasteiger partial charge in [0.1, 0.15) is 11.6 Å². The van der Waals surface area contributed by atoms with Crippen molar-refractivity contribution in [2.45, 2.75) is 19.9 Å². The molecule has 0 saturated carbocycles. The molecule has 0 fully saturated rings. The molecule has 100 valence electrons. The van der Waals surface area contributed by atoms with Gasteiger partial charge in [-0.1, -0.05) is 12.1 Å². The van der Waals surface area contributed by atoms with Crippen LogP contribution >= 0.6 is 0 Å². The number of aryl methyl sites for hydroxylation is 1. The molecule has 0 amide bonds. The first-order chi connectivity index (χ1) is 9.02. The zero-order valence-corrected chi connectivity index (χ0v) is 11.3. The fourth-order valence-corrected chi connectivity index (χ4v) is 2.12. The highest BCUT2D eigenvalue weighted by molar-refractivity contribution is 5.68. The van der Waals surface area contributed by atoms with E-state index in [9.17, 15) is 8.78 Å². The normalized spacial score (nSPS) is 12.5. The van der Waals surface area contributed by atoms with Gasteiger partial charge in [-0.2, -0.15) is 0 Å². The summed E-state index contributed by atoms with van der Waals surface area (Å²) in [4.78, 5) is 0. The van der Waals surface area contributed by atoms with Crippen molar-refractivity contribution >= 4 is 0 Å². The summed E-state index contributed by atoms with van der Waals surface area (Å²) in [6, 6.07) is 9.66. The fourth-order valence-electron chi connectivity index (χ4n) is 2.12. The van der Waals surface area contributed by atoms with Crippen LogP contribution in [0.4, 0.5) is 8.78 Å². The molecule has 0 bridgehead atoms. The second-order valence-corrected chi connectivity index (χ2v) is 4.71. The summed E-state index contributed by atoms with van der Waals surface area (Å²) >= 11 is 0. The van der Waals surface area contributed by atoms with Crippen LogP contribution in [0.15, 0.2) is 36.4 Å². The number of hydrogen-bond acceptors (Lipinski definition) is 1. The number of nitrogens with one attached hydrogen (secondary N) is 1. The van der Waals surface area contributed by atoms with Crippen molar-refractivity contribution in [2.75, 3.05) is 7.05 Å². The van der Waals surface area contributed by atoms with Gasteiger partial charge >= 0.3 is 0 Å². The maximum absolute atomic E-state index is 13.5. The molecule has 0 spiro atoms. The lowest BCUT2D eigenvalue weighted by atomic mass is 9.94. The van der Waals surface area contributed by atoms with E-state index in [1.54, 1.807) is 25.1 Å². The van der Waals surface area contributed by atoms with Crippen LogP contribution in [0.3, 0.4) is 0 Å². The summed E-state index contributed by atoms with van der Waals surface area (Å²) in [5.74, 6) is -0.535. The van der Waals surface area contributed by atoms with Gasteiger partial charge in [0, 0.05) is 6.04 Å². The molecular formula is C16H17F2N. The van der Waals surface area contributed by atoms with Crippen LogP contribution in [0, 0.1) is 18.6 Å². The molecule has 1 unspecified atom stereocenters. The standard InChI is InChI=1S/C16H17F2N/c1-10-8-12(4-7-16(10)18)15-9-13(17)5-6-14(15)11(2)19-3/h4-9,11,19H,1-3H3. The molecule has 0 saturated heterocycles. The molecular weight excluding hydrogens is 244 g/mol. The van der Waals surface area contributed by atoms with E-state index >= 15 is 0 Å². The molecule has 1 nitrogen and oxygen atoms in total. The molecule has 0 aliphatic heterocycles. The SMILES string of the molecule is CNC(C)c1ccc(F)cc1-c1ccc(F)c(C)c1. The molecule has 2 aromatic carbocycles. The Hall–Kier alpha value is -1.74. The van der Waals surface area contributed by atoms with Crippen molar-refractivity contribution in [3.05, 3.63) is 59.2 Å². The maximum atomic E-state index is 13.5. The molecule has 0 aromatic heterocycles. The number of benzene rings is 2. The van der Waals surface area contributed by atoms with Crippen LogP contribution < -0.4 is 5.32 Å². The van der Waals surface area contributed by atoms with Crippen molar-refractivity contribution in [3.8, 4) is 11.1 Å². The van der Waals surface area contributed by atoms with E-state index in [4.69, 9.17) is 0 Å². The summed E-state index contributed by atoms with van der Waals surface area (Å²) in [6.45, 7) is 3.71. The minimum Gasteiger partial charge on any atom is -0.313 e. The van der Waals surface area contributed by atoms with Crippen molar-refractivity contribution in [1.82, 2.24) is 5.32 Å². The average molecular weight is 261 g/mol. The van der Waals surface area contributed by atoms with Gasteiger partial charge in [0.25, 0.3) is 0 Å². The van der Waals surface area contributed by atoms with Crippen LogP contribution in [-0.4, -0.2) is 7.05 Å². The number of rotatable bonds is 3. The lowest BCUT2D eigenvalue weighted by Gasteiger charge is -2.16. The van der Waals surface area contributed by atoms with E-state index in [2.05, 4.69) is 5.32 Å². The second-order valence-electron chi connectivity index (χ2n) is 4.71. The Labute approximate surface area is 112 Å². The third-order valence-corrected chi connectivity index (χ3v) is 3.38. The molecule has 2 aromatic rings. The summed E-state index contributed by atoms with van der Waals surface area (Å²) < 4.78 is 26.8. The van der Waals surface area contributed by atoms with Gasteiger partial charge in [-0.25, -0.2) is 8.78 Å². The molecule has 1 atom stereocenters. The smallest absolute Gasteiger partial charge is 0.126 e. The number of hydrogen-bond donors (Lipinski definition) is 1. The van der Waals surface area contributed by atoms with Gasteiger partial charge < -0.3 is 5.32 Å². The van der Waals surface area contributed by atoms with Gasteiger partial charge in [-0.15, -0.1) is 0 Å². The van der Waals surface area contributed by atoms with E-state index in [1.165, 1.54) is 18.2 Å². The Balaban J connectivity index is 2.59. The molecule has 2 rings (SSSR count). The van der Waals surface area contributed by atoms with Crippen molar-refractivity contribution < 1.29 is 8.78 Å². The largest absolute Gasteiger partial charge is 0.313 e. The number of halogens is 2. The van der Waals surface area contributed by atoms with Gasteiger partial charge in [0.05, 0.1) is 0 Å². The van der Waals surface area contributed by atoms with E-state index in [1.807, 2.05) is 14.0 Å². The topological polar surface area (TPSA) is 12.0 Å². The Morgan fingerprint density at radius 2 is 1.79 bits per heavy atom. The third kappa shape index (κ3) is 2.82. The van der Waals surface area contributed by atoms with Crippen LogP contribution in [0.5, 0.6) is 0 Å². The van der Waals surface area contributed by atoms with E-state index in [0.717, 1.165) is 16.7 Å². The highest BCUT2D eigenvalue weighted by Crippen LogP contribution is 2.30. The first-order valence-corrected chi connectivity index (χ1v) is 6.26. The summed E-state index contributed by atoms with van der Waals surface area (Å²) in [5, 5.41) is 3.14. The zero-order valence-electron chi connectivity index (χ0n) is 11.3. The Morgan fingerprint density at radius 3 is 2.42 bits per heavy atom. The quantitative estimate of drug-likeness (QED) is 0.872. The predicted molar refractivity (Wildman–Crippen MR) is 74.0 cm³/mol. The van der Waals surface area contributed by atoms with Crippen LogP contribution in [0.25, 0.3) is 11.1 Å².